The van der Waals surface area contributed by atoms with Gasteiger partial charge in [-0.1, -0.05) is 0 Å². The van der Waals surface area contributed by atoms with E-state index in [1.165, 1.54) is 49.9 Å². The lowest BCUT2D eigenvalue weighted by Crippen LogP contribution is -2.55. The fourth-order valence-corrected chi connectivity index (χ4v) is 6.12. The maximum Gasteiger partial charge on any atom is 0.221 e. The average molecular weight is 351 g/mol. The summed E-state index contributed by atoms with van der Waals surface area (Å²) in [5.74, 6) is 2.20. The van der Waals surface area contributed by atoms with Crippen LogP contribution in [0.2, 0.25) is 0 Å². The quantitative estimate of drug-likeness (QED) is 0.797. The second-order valence-electron chi connectivity index (χ2n) is 7.70. The molecule has 0 heterocycles. The van der Waals surface area contributed by atoms with Gasteiger partial charge in [0, 0.05) is 23.1 Å². The van der Waals surface area contributed by atoms with Gasteiger partial charge >= 0.3 is 0 Å². The molecule has 0 unspecified atom stereocenters. The fourth-order valence-electron chi connectivity index (χ4n) is 5.25. The molecule has 0 atom stereocenters. The summed E-state index contributed by atoms with van der Waals surface area (Å²) in [7, 11) is 0. The van der Waals surface area contributed by atoms with Gasteiger partial charge in [0.05, 0.1) is 0 Å². The molecule has 1 aromatic carbocycles. The lowest BCUT2D eigenvalue weighted by molar-refractivity contribution is -0.124. The molecule has 4 bridgehead atoms. The number of benzene rings is 1. The van der Waals surface area contributed by atoms with Gasteiger partial charge in [-0.25, -0.2) is 8.78 Å². The zero-order valence-corrected chi connectivity index (χ0v) is 14.5. The van der Waals surface area contributed by atoms with Crippen LogP contribution in [0, 0.1) is 35.3 Å². The van der Waals surface area contributed by atoms with Gasteiger partial charge < -0.3 is 5.32 Å². The Hall–Kier alpha value is -1.10. The van der Waals surface area contributed by atoms with E-state index in [0.717, 1.165) is 17.9 Å². The summed E-state index contributed by atoms with van der Waals surface area (Å²) >= 11 is 1.39. The molecule has 1 N–H and O–H groups in total. The summed E-state index contributed by atoms with van der Waals surface area (Å²) in [6, 6.07) is 4.25. The van der Waals surface area contributed by atoms with Gasteiger partial charge in [-0.3, -0.25) is 4.79 Å². The summed E-state index contributed by atoms with van der Waals surface area (Å²) in [6.45, 7) is 0. The van der Waals surface area contributed by atoms with Crippen molar-refractivity contribution in [2.45, 2.75) is 49.5 Å². The van der Waals surface area contributed by atoms with Crippen LogP contribution in [0.25, 0.3) is 0 Å². The Kier molecular flexibility index (Phi) is 4.54. The first-order chi connectivity index (χ1) is 11.6. The predicted octanol–water partition coefficient (Wildman–Crippen LogP) is 4.39. The van der Waals surface area contributed by atoms with Crippen LogP contribution < -0.4 is 5.32 Å². The van der Waals surface area contributed by atoms with Crippen molar-refractivity contribution >= 4 is 17.7 Å². The third kappa shape index (κ3) is 3.32. The van der Waals surface area contributed by atoms with E-state index in [0.29, 0.717) is 34.9 Å². The van der Waals surface area contributed by atoms with E-state index in [1.54, 1.807) is 6.07 Å². The number of carbonyl (C=O) groups excluding carboxylic acids is 1. The predicted molar refractivity (Wildman–Crippen MR) is 90.7 cm³/mol. The van der Waals surface area contributed by atoms with E-state index in [1.807, 2.05) is 0 Å². The zero-order valence-electron chi connectivity index (χ0n) is 13.6. The molecule has 4 fully saturated rings. The summed E-state index contributed by atoms with van der Waals surface area (Å²) < 4.78 is 26.1. The molecule has 0 aliphatic heterocycles. The van der Waals surface area contributed by atoms with Gasteiger partial charge in [0.1, 0.15) is 0 Å². The fraction of sp³-hybridized carbons (Fsp3) is 0.632. The lowest BCUT2D eigenvalue weighted by Gasteiger charge is -2.54. The minimum atomic E-state index is -0.835. The van der Waals surface area contributed by atoms with Gasteiger partial charge in [0.25, 0.3) is 0 Å². The first-order valence-corrected chi connectivity index (χ1v) is 9.94. The molecule has 1 amide bonds. The topological polar surface area (TPSA) is 29.1 Å². The first-order valence-electron chi connectivity index (χ1n) is 8.95. The molecule has 4 saturated carbocycles. The van der Waals surface area contributed by atoms with Crippen LogP contribution in [0.3, 0.4) is 0 Å². The monoisotopic (exact) mass is 351 g/mol. The van der Waals surface area contributed by atoms with E-state index in [-0.39, 0.29) is 5.91 Å². The molecule has 0 aromatic heterocycles. The number of hydrogen-bond donors (Lipinski definition) is 1. The zero-order chi connectivity index (χ0) is 16.7. The SMILES string of the molecule is O=C(CCSc1ccc(F)c(F)c1)NC1C2CC3CC(C2)CC1C3. The Morgan fingerprint density at radius 3 is 2.33 bits per heavy atom. The van der Waals surface area contributed by atoms with Crippen LogP contribution in [0.4, 0.5) is 8.78 Å². The Labute approximate surface area is 145 Å². The van der Waals surface area contributed by atoms with Crippen molar-refractivity contribution in [1.82, 2.24) is 5.32 Å². The molecule has 5 heteroatoms. The van der Waals surface area contributed by atoms with E-state index in [4.69, 9.17) is 0 Å². The maximum absolute atomic E-state index is 13.2. The third-order valence-corrected chi connectivity index (χ3v) is 7.04. The standard InChI is InChI=1S/C19H23F2NOS/c20-16-2-1-15(10-17(16)21)24-4-3-18(23)22-19-13-6-11-5-12(8-13)9-14(19)7-11/h1-2,10-14,19H,3-9H2,(H,22,23). The molecule has 0 saturated heterocycles. The highest BCUT2D eigenvalue weighted by atomic mass is 32.2. The molecule has 2 nitrogen and oxygen atoms in total. The van der Waals surface area contributed by atoms with Crippen LogP contribution in [0.15, 0.2) is 23.1 Å². The third-order valence-electron chi connectivity index (χ3n) is 6.04. The highest BCUT2D eigenvalue weighted by molar-refractivity contribution is 7.99. The van der Waals surface area contributed by atoms with E-state index in [2.05, 4.69) is 5.32 Å². The lowest BCUT2D eigenvalue weighted by atomic mass is 9.54. The van der Waals surface area contributed by atoms with Crippen molar-refractivity contribution in [3.05, 3.63) is 29.8 Å². The number of hydrogen-bond acceptors (Lipinski definition) is 2. The average Bonchev–Trinajstić information content (AvgIpc) is 2.53. The molecule has 0 spiro atoms. The number of halogens is 2. The highest BCUT2D eigenvalue weighted by Gasteiger charge is 2.48. The summed E-state index contributed by atoms with van der Waals surface area (Å²) in [5.41, 5.74) is 0. The summed E-state index contributed by atoms with van der Waals surface area (Å²) in [5, 5.41) is 3.28. The minimum absolute atomic E-state index is 0.0996. The van der Waals surface area contributed by atoms with Gasteiger partial charge in [-0.05, 0) is 74.0 Å². The number of thioether (sulfide) groups is 1. The molecule has 0 radical (unpaired) electrons. The second-order valence-corrected chi connectivity index (χ2v) is 8.87. The normalized spacial score (nSPS) is 33.7. The molecular weight excluding hydrogens is 328 g/mol. The number of amides is 1. The van der Waals surface area contributed by atoms with Crippen LogP contribution in [0.5, 0.6) is 0 Å². The number of carbonyl (C=O) groups is 1. The largest absolute Gasteiger partial charge is 0.353 e. The van der Waals surface area contributed by atoms with Crippen LogP contribution in [-0.2, 0) is 4.79 Å². The second kappa shape index (κ2) is 6.66. The first kappa shape index (κ1) is 16.4. The van der Waals surface area contributed by atoms with Gasteiger partial charge in [0.2, 0.25) is 5.91 Å². The minimum Gasteiger partial charge on any atom is -0.353 e. The Bertz CT molecular complexity index is 608. The molecule has 5 rings (SSSR count). The van der Waals surface area contributed by atoms with Crippen molar-refractivity contribution in [1.29, 1.82) is 0 Å². The smallest absolute Gasteiger partial charge is 0.221 e. The van der Waals surface area contributed by atoms with Crippen LogP contribution in [-0.4, -0.2) is 17.7 Å². The van der Waals surface area contributed by atoms with Crippen LogP contribution in [0.1, 0.15) is 38.5 Å². The molecule has 130 valence electrons. The van der Waals surface area contributed by atoms with Crippen molar-refractivity contribution in [2.75, 3.05) is 5.75 Å². The van der Waals surface area contributed by atoms with Crippen molar-refractivity contribution in [3.63, 3.8) is 0 Å². The van der Waals surface area contributed by atoms with E-state index < -0.39 is 11.6 Å². The van der Waals surface area contributed by atoms with Crippen molar-refractivity contribution in [2.24, 2.45) is 23.7 Å². The number of rotatable bonds is 5. The summed E-state index contributed by atoms with van der Waals surface area (Å²) in [6.07, 6.45) is 7.01. The van der Waals surface area contributed by atoms with E-state index >= 15 is 0 Å². The van der Waals surface area contributed by atoms with Crippen molar-refractivity contribution < 1.29 is 13.6 Å². The number of nitrogens with one attached hydrogen (secondary N) is 1. The Morgan fingerprint density at radius 2 is 1.71 bits per heavy atom. The van der Waals surface area contributed by atoms with Gasteiger partial charge in [-0.2, -0.15) is 0 Å². The van der Waals surface area contributed by atoms with Gasteiger partial charge in [-0.15, -0.1) is 11.8 Å². The van der Waals surface area contributed by atoms with Crippen LogP contribution >= 0.6 is 11.8 Å². The molecular formula is C19H23F2NOS. The van der Waals surface area contributed by atoms with Crippen molar-refractivity contribution in [3.8, 4) is 0 Å². The highest BCUT2D eigenvalue weighted by Crippen LogP contribution is 2.53. The molecule has 1 aromatic rings. The maximum atomic E-state index is 13.2. The molecule has 4 aliphatic carbocycles. The Balaban J connectivity index is 1.26. The molecule has 4 aliphatic rings. The Morgan fingerprint density at radius 1 is 1.04 bits per heavy atom. The summed E-state index contributed by atoms with van der Waals surface area (Å²) in [4.78, 5) is 13.0. The van der Waals surface area contributed by atoms with Gasteiger partial charge in [0.15, 0.2) is 11.6 Å². The molecule has 24 heavy (non-hydrogen) atoms. The van der Waals surface area contributed by atoms with E-state index in [9.17, 15) is 13.6 Å².